The number of H-pyrrole nitrogens is 1. The summed E-state index contributed by atoms with van der Waals surface area (Å²) in [5, 5.41) is 6.26. The molecule has 1 saturated heterocycles. The first kappa shape index (κ1) is 22.3. The van der Waals surface area contributed by atoms with Crippen LogP contribution in [-0.2, 0) is 11.3 Å². The number of hydrogen-bond donors (Lipinski definition) is 1. The van der Waals surface area contributed by atoms with Crippen LogP contribution in [0.25, 0.3) is 22.6 Å². The van der Waals surface area contributed by atoms with Gasteiger partial charge in [0.1, 0.15) is 18.6 Å². The fourth-order valence-electron chi connectivity index (χ4n) is 4.70. The molecule has 0 saturated carbocycles. The SMILES string of the molecule is Cc1cc(N2CCN(C(=O)Cn3nc(-c4ncc[nH]4)c4c(C)ncnc43)C(C)(C)C2)ccc1Cl. The third-order valence-electron chi connectivity index (χ3n) is 6.44. The van der Waals surface area contributed by atoms with Gasteiger partial charge in [0.25, 0.3) is 0 Å². The van der Waals surface area contributed by atoms with Crippen molar-refractivity contribution in [2.75, 3.05) is 24.5 Å². The van der Waals surface area contributed by atoms with Crippen LogP contribution in [-0.4, -0.2) is 65.7 Å². The molecule has 1 aliphatic heterocycles. The summed E-state index contributed by atoms with van der Waals surface area (Å²) in [5.74, 6) is 0.630. The lowest BCUT2D eigenvalue weighted by Gasteiger charge is -2.48. The Morgan fingerprint density at radius 3 is 2.71 bits per heavy atom. The Morgan fingerprint density at radius 2 is 2.00 bits per heavy atom. The van der Waals surface area contributed by atoms with Gasteiger partial charge in [0, 0.05) is 42.7 Å². The van der Waals surface area contributed by atoms with Gasteiger partial charge in [-0.25, -0.2) is 19.6 Å². The number of piperazine rings is 1. The fraction of sp³-hybridized carbons (Fsp3) is 0.375. The number of rotatable bonds is 4. The Hall–Kier alpha value is -3.46. The quantitative estimate of drug-likeness (QED) is 0.481. The number of aryl methyl sites for hydroxylation is 2. The van der Waals surface area contributed by atoms with Crippen LogP contribution in [0.2, 0.25) is 5.02 Å². The van der Waals surface area contributed by atoms with Gasteiger partial charge in [0.15, 0.2) is 11.5 Å². The van der Waals surface area contributed by atoms with Gasteiger partial charge < -0.3 is 14.8 Å². The zero-order valence-corrected chi connectivity index (χ0v) is 20.5. The lowest BCUT2D eigenvalue weighted by molar-refractivity contribution is -0.137. The second-order valence-corrected chi connectivity index (χ2v) is 9.72. The van der Waals surface area contributed by atoms with Gasteiger partial charge in [-0.1, -0.05) is 11.6 Å². The predicted octanol–water partition coefficient (Wildman–Crippen LogP) is 3.61. The van der Waals surface area contributed by atoms with Crippen molar-refractivity contribution in [3.05, 3.63) is 53.2 Å². The van der Waals surface area contributed by atoms with Gasteiger partial charge in [-0.2, -0.15) is 5.10 Å². The molecule has 0 bridgehead atoms. The molecule has 0 aliphatic carbocycles. The van der Waals surface area contributed by atoms with Crippen LogP contribution in [0.3, 0.4) is 0 Å². The van der Waals surface area contributed by atoms with Crippen molar-refractivity contribution in [1.29, 1.82) is 0 Å². The number of nitrogens with one attached hydrogen (secondary N) is 1. The Morgan fingerprint density at radius 1 is 1.18 bits per heavy atom. The van der Waals surface area contributed by atoms with Crippen molar-refractivity contribution < 1.29 is 4.79 Å². The summed E-state index contributed by atoms with van der Waals surface area (Å²) in [5.41, 5.74) is 3.87. The van der Waals surface area contributed by atoms with E-state index in [1.54, 1.807) is 17.1 Å². The lowest BCUT2D eigenvalue weighted by Crippen LogP contribution is -2.61. The molecule has 0 atom stereocenters. The molecule has 10 heteroatoms. The second-order valence-electron chi connectivity index (χ2n) is 9.31. The number of aromatic nitrogens is 6. The first-order valence-corrected chi connectivity index (χ1v) is 11.6. The molecule has 4 heterocycles. The first-order valence-electron chi connectivity index (χ1n) is 11.2. The second kappa shape index (κ2) is 8.39. The van der Waals surface area contributed by atoms with E-state index in [1.807, 2.05) is 30.9 Å². The highest BCUT2D eigenvalue weighted by Gasteiger charge is 2.37. The highest BCUT2D eigenvalue weighted by atomic mass is 35.5. The van der Waals surface area contributed by atoms with E-state index in [-0.39, 0.29) is 18.0 Å². The fourth-order valence-corrected chi connectivity index (χ4v) is 4.82. The summed E-state index contributed by atoms with van der Waals surface area (Å²) >= 11 is 6.21. The summed E-state index contributed by atoms with van der Waals surface area (Å²) in [7, 11) is 0. The average molecular weight is 479 g/mol. The van der Waals surface area contributed by atoms with Gasteiger partial charge in [-0.3, -0.25) is 4.79 Å². The normalized spacial score (nSPS) is 15.8. The zero-order valence-electron chi connectivity index (χ0n) is 19.7. The Kier molecular flexibility index (Phi) is 5.51. The van der Waals surface area contributed by atoms with Crippen LogP contribution < -0.4 is 4.90 Å². The van der Waals surface area contributed by atoms with E-state index in [2.05, 4.69) is 44.7 Å². The zero-order chi connectivity index (χ0) is 24.0. The minimum absolute atomic E-state index is 0.00333. The highest BCUT2D eigenvalue weighted by molar-refractivity contribution is 6.31. The summed E-state index contributed by atoms with van der Waals surface area (Å²) < 4.78 is 1.66. The monoisotopic (exact) mass is 478 g/mol. The molecule has 1 aliphatic rings. The number of halogens is 1. The van der Waals surface area contributed by atoms with E-state index in [9.17, 15) is 4.79 Å². The van der Waals surface area contributed by atoms with Crippen LogP contribution in [0.15, 0.2) is 36.9 Å². The van der Waals surface area contributed by atoms with Gasteiger partial charge >= 0.3 is 0 Å². The smallest absolute Gasteiger partial charge is 0.244 e. The molecule has 0 unspecified atom stereocenters. The number of amides is 1. The lowest BCUT2D eigenvalue weighted by atomic mass is 9.97. The predicted molar refractivity (Wildman–Crippen MR) is 132 cm³/mol. The van der Waals surface area contributed by atoms with Crippen LogP contribution in [0.4, 0.5) is 5.69 Å². The summed E-state index contributed by atoms with van der Waals surface area (Å²) in [4.78, 5) is 33.9. The van der Waals surface area contributed by atoms with Crippen molar-refractivity contribution in [3.63, 3.8) is 0 Å². The Labute approximate surface area is 202 Å². The van der Waals surface area contributed by atoms with E-state index in [0.717, 1.165) is 40.4 Å². The number of anilines is 1. The molecule has 176 valence electrons. The standard InChI is InChI=1S/C24H27ClN8O/c1-15-11-17(5-6-18(15)25)31-9-10-32(24(3,4)13-31)19(34)12-33-23-20(16(2)28-14-29-23)21(30-33)22-26-7-8-27-22/h5-8,11,14H,9-10,12-13H2,1-4H3,(H,26,27). The van der Waals surface area contributed by atoms with Crippen molar-refractivity contribution in [1.82, 2.24) is 34.6 Å². The molecule has 34 heavy (non-hydrogen) atoms. The maximum absolute atomic E-state index is 13.5. The van der Waals surface area contributed by atoms with Gasteiger partial charge in [0.2, 0.25) is 5.91 Å². The van der Waals surface area contributed by atoms with Crippen LogP contribution in [0.1, 0.15) is 25.1 Å². The Bertz CT molecular complexity index is 1360. The Balaban J connectivity index is 1.40. The minimum atomic E-state index is -0.361. The van der Waals surface area contributed by atoms with Gasteiger partial charge in [-0.15, -0.1) is 0 Å². The maximum atomic E-state index is 13.5. The third kappa shape index (κ3) is 3.90. The van der Waals surface area contributed by atoms with Crippen molar-refractivity contribution in [2.45, 2.75) is 39.8 Å². The summed E-state index contributed by atoms with van der Waals surface area (Å²) in [6.07, 6.45) is 4.92. The number of carbonyl (C=O) groups excluding carboxylic acids is 1. The topological polar surface area (TPSA) is 95.8 Å². The van der Waals surface area contributed by atoms with E-state index < -0.39 is 0 Å². The summed E-state index contributed by atoms with van der Waals surface area (Å²) in [6.45, 7) is 10.3. The van der Waals surface area contributed by atoms with Gasteiger partial charge in [-0.05, 0) is 51.5 Å². The molecule has 1 aromatic carbocycles. The number of aromatic amines is 1. The molecule has 1 N–H and O–H groups in total. The molecular formula is C24H27ClN8O. The number of nitrogens with zero attached hydrogens (tertiary/aromatic N) is 7. The number of imidazole rings is 1. The molecule has 4 aromatic rings. The molecule has 1 fully saturated rings. The number of carbonyl (C=O) groups is 1. The molecule has 1 amide bonds. The highest BCUT2D eigenvalue weighted by Crippen LogP contribution is 2.30. The molecule has 0 radical (unpaired) electrons. The molecule has 3 aromatic heterocycles. The summed E-state index contributed by atoms with van der Waals surface area (Å²) in [6, 6.07) is 6.07. The average Bonchev–Trinajstić information content (AvgIpc) is 3.44. The molecular weight excluding hydrogens is 452 g/mol. The van der Waals surface area contributed by atoms with Crippen molar-refractivity contribution >= 4 is 34.2 Å². The van der Waals surface area contributed by atoms with E-state index in [0.29, 0.717) is 23.7 Å². The van der Waals surface area contributed by atoms with E-state index in [4.69, 9.17) is 16.7 Å². The van der Waals surface area contributed by atoms with Crippen molar-refractivity contribution in [3.8, 4) is 11.5 Å². The van der Waals surface area contributed by atoms with E-state index >= 15 is 0 Å². The maximum Gasteiger partial charge on any atom is 0.244 e. The number of hydrogen-bond acceptors (Lipinski definition) is 6. The molecule has 0 spiro atoms. The number of benzene rings is 1. The van der Waals surface area contributed by atoms with Crippen LogP contribution in [0, 0.1) is 13.8 Å². The molecule has 5 rings (SSSR count). The number of fused-ring (bicyclic) bond motifs is 1. The van der Waals surface area contributed by atoms with Crippen molar-refractivity contribution in [2.24, 2.45) is 0 Å². The van der Waals surface area contributed by atoms with E-state index in [1.165, 1.54) is 6.33 Å². The third-order valence-corrected chi connectivity index (χ3v) is 6.86. The first-order chi connectivity index (χ1) is 16.2. The minimum Gasteiger partial charge on any atom is -0.367 e. The largest absolute Gasteiger partial charge is 0.367 e. The molecule has 9 nitrogen and oxygen atoms in total. The van der Waals surface area contributed by atoms with Gasteiger partial charge in [0.05, 0.1) is 16.6 Å². The van der Waals surface area contributed by atoms with Crippen LogP contribution in [0.5, 0.6) is 0 Å². The van der Waals surface area contributed by atoms with Crippen LogP contribution >= 0.6 is 11.6 Å².